The second kappa shape index (κ2) is 8.50. The molecule has 0 bridgehead atoms. The third-order valence-electron chi connectivity index (χ3n) is 3.72. The first-order valence-electron chi connectivity index (χ1n) is 8.27. The van der Waals surface area contributed by atoms with E-state index < -0.39 is 22.5 Å². The van der Waals surface area contributed by atoms with E-state index in [2.05, 4.69) is 0 Å². The summed E-state index contributed by atoms with van der Waals surface area (Å²) in [5.74, 6) is -0.660. The maximum absolute atomic E-state index is 13.3. The normalized spacial score (nSPS) is 11.5. The number of nitrogens with zero attached hydrogens (tertiary/aromatic N) is 1. The van der Waals surface area contributed by atoms with Crippen molar-refractivity contribution in [3.8, 4) is 0 Å². The predicted molar refractivity (Wildman–Crippen MR) is 108 cm³/mol. The molecule has 0 N–H and O–H groups in total. The van der Waals surface area contributed by atoms with Crippen LogP contribution in [0.25, 0.3) is 0 Å². The molecule has 0 saturated carbocycles. The zero-order valence-electron chi connectivity index (χ0n) is 15.5. The van der Waals surface area contributed by atoms with E-state index in [1.165, 1.54) is 18.2 Å². The van der Waals surface area contributed by atoms with Crippen LogP contribution in [0, 0.1) is 13.8 Å². The molecule has 0 aliphatic carbocycles. The predicted octanol–water partition coefficient (Wildman–Crippen LogP) is 4.76. The van der Waals surface area contributed by atoms with Crippen molar-refractivity contribution in [3.05, 3.63) is 57.6 Å². The maximum Gasteiger partial charge on any atom is 0.327 e. The molecule has 0 atom stereocenters. The first-order valence-corrected chi connectivity index (χ1v) is 10.5. The van der Waals surface area contributed by atoms with Crippen LogP contribution in [-0.4, -0.2) is 27.0 Å². The zero-order valence-corrected chi connectivity index (χ0v) is 17.8. The standard InChI is InChI=1S/C19H21Cl2NO4S/c1-12(2)26-19(23)11-22(17-8-5-13(3)9-14(17)4)27(24,25)18-10-15(20)6-7-16(18)21/h5-10,12H,11H2,1-4H3. The molecule has 146 valence electrons. The van der Waals surface area contributed by atoms with Gasteiger partial charge in [-0.1, -0.05) is 40.9 Å². The quantitative estimate of drug-likeness (QED) is 0.620. The van der Waals surface area contributed by atoms with Crippen molar-refractivity contribution in [1.82, 2.24) is 0 Å². The number of benzene rings is 2. The largest absolute Gasteiger partial charge is 0.462 e. The second-order valence-electron chi connectivity index (χ2n) is 6.41. The Bertz CT molecular complexity index is 958. The van der Waals surface area contributed by atoms with E-state index in [-0.39, 0.29) is 21.0 Å². The van der Waals surface area contributed by atoms with Crippen LogP contribution >= 0.6 is 23.2 Å². The zero-order chi connectivity index (χ0) is 20.4. The second-order valence-corrected chi connectivity index (χ2v) is 9.09. The highest BCUT2D eigenvalue weighted by molar-refractivity contribution is 7.93. The Hall–Kier alpha value is -1.76. The van der Waals surface area contributed by atoms with Crippen LogP contribution in [0.2, 0.25) is 10.0 Å². The van der Waals surface area contributed by atoms with Gasteiger partial charge in [-0.3, -0.25) is 9.10 Å². The minimum atomic E-state index is -4.16. The number of anilines is 1. The SMILES string of the molecule is Cc1ccc(N(CC(=O)OC(C)C)S(=O)(=O)c2cc(Cl)ccc2Cl)c(C)c1. The van der Waals surface area contributed by atoms with Crippen LogP contribution in [-0.2, 0) is 19.6 Å². The van der Waals surface area contributed by atoms with Gasteiger partial charge in [0.25, 0.3) is 10.0 Å². The fraction of sp³-hybridized carbons (Fsp3) is 0.316. The number of sulfonamides is 1. The van der Waals surface area contributed by atoms with Gasteiger partial charge in [-0.05, 0) is 57.5 Å². The molecule has 0 aliphatic heterocycles. The minimum absolute atomic E-state index is 0.0198. The number of aryl methyl sites for hydroxylation is 2. The molecule has 2 aromatic carbocycles. The van der Waals surface area contributed by atoms with Gasteiger partial charge < -0.3 is 4.74 Å². The molecule has 8 heteroatoms. The average molecular weight is 430 g/mol. The molecule has 0 spiro atoms. The van der Waals surface area contributed by atoms with Gasteiger partial charge in [0.15, 0.2) is 0 Å². The van der Waals surface area contributed by atoms with Crippen LogP contribution in [0.1, 0.15) is 25.0 Å². The lowest BCUT2D eigenvalue weighted by molar-refractivity contribution is -0.145. The molecular formula is C19H21Cl2NO4S. The molecule has 0 unspecified atom stereocenters. The van der Waals surface area contributed by atoms with Gasteiger partial charge >= 0.3 is 5.97 Å². The van der Waals surface area contributed by atoms with Crippen molar-refractivity contribution in [1.29, 1.82) is 0 Å². The number of rotatable bonds is 6. The lowest BCUT2D eigenvalue weighted by atomic mass is 10.1. The molecule has 2 rings (SSSR count). The van der Waals surface area contributed by atoms with Gasteiger partial charge in [0.2, 0.25) is 0 Å². The number of esters is 1. The molecule has 0 heterocycles. The molecule has 0 saturated heterocycles. The van der Waals surface area contributed by atoms with Crippen LogP contribution in [0.15, 0.2) is 41.3 Å². The highest BCUT2D eigenvalue weighted by Crippen LogP contribution is 2.32. The Morgan fingerprint density at radius 3 is 2.37 bits per heavy atom. The Morgan fingerprint density at radius 2 is 1.78 bits per heavy atom. The Morgan fingerprint density at radius 1 is 1.11 bits per heavy atom. The summed E-state index contributed by atoms with van der Waals surface area (Å²) in [5.41, 5.74) is 2.05. The van der Waals surface area contributed by atoms with Crippen LogP contribution in [0.4, 0.5) is 5.69 Å². The number of carbonyl (C=O) groups excluding carboxylic acids is 1. The summed E-state index contributed by atoms with van der Waals surface area (Å²) in [6.07, 6.45) is -0.365. The van der Waals surface area contributed by atoms with Crippen molar-refractivity contribution < 1.29 is 17.9 Å². The lowest BCUT2D eigenvalue weighted by Gasteiger charge is -2.26. The third kappa shape index (κ3) is 5.15. The Kier molecular flexibility index (Phi) is 6.78. The summed E-state index contributed by atoms with van der Waals surface area (Å²) < 4.78 is 32.8. The van der Waals surface area contributed by atoms with Crippen molar-refractivity contribution in [2.24, 2.45) is 0 Å². The first kappa shape index (κ1) is 21.5. The summed E-state index contributed by atoms with van der Waals surface area (Å²) in [6.45, 7) is 6.59. The number of carbonyl (C=O) groups is 1. The van der Waals surface area contributed by atoms with E-state index >= 15 is 0 Å². The number of ether oxygens (including phenoxy) is 1. The number of hydrogen-bond donors (Lipinski definition) is 0. The van der Waals surface area contributed by atoms with E-state index in [0.29, 0.717) is 11.3 Å². The smallest absolute Gasteiger partial charge is 0.327 e. The van der Waals surface area contributed by atoms with Gasteiger partial charge in [-0.25, -0.2) is 8.42 Å². The molecule has 5 nitrogen and oxygen atoms in total. The monoisotopic (exact) mass is 429 g/mol. The number of hydrogen-bond acceptors (Lipinski definition) is 4. The van der Waals surface area contributed by atoms with Crippen molar-refractivity contribution in [3.63, 3.8) is 0 Å². The topological polar surface area (TPSA) is 63.7 Å². The highest BCUT2D eigenvalue weighted by atomic mass is 35.5. The fourth-order valence-corrected chi connectivity index (χ4v) is 4.81. The lowest BCUT2D eigenvalue weighted by Crippen LogP contribution is -2.37. The molecule has 27 heavy (non-hydrogen) atoms. The fourth-order valence-electron chi connectivity index (χ4n) is 2.60. The van der Waals surface area contributed by atoms with Crippen molar-refractivity contribution >= 4 is 44.9 Å². The molecule has 2 aromatic rings. The van der Waals surface area contributed by atoms with E-state index in [0.717, 1.165) is 9.87 Å². The van der Waals surface area contributed by atoms with Crippen molar-refractivity contribution in [2.75, 3.05) is 10.8 Å². The molecule has 0 amide bonds. The van der Waals surface area contributed by atoms with E-state index in [1.54, 1.807) is 32.9 Å². The van der Waals surface area contributed by atoms with E-state index in [9.17, 15) is 13.2 Å². The summed E-state index contributed by atoms with van der Waals surface area (Å²) in [4.78, 5) is 12.1. The first-order chi connectivity index (χ1) is 12.5. The summed E-state index contributed by atoms with van der Waals surface area (Å²) in [6, 6.07) is 9.44. The Balaban J connectivity index is 2.60. The average Bonchev–Trinajstić information content (AvgIpc) is 2.54. The van der Waals surface area contributed by atoms with E-state index in [4.69, 9.17) is 27.9 Å². The maximum atomic E-state index is 13.3. The Labute approximate surface area is 169 Å². The van der Waals surface area contributed by atoms with E-state index in [1.807, 2.05) is 13.0 Å². The number of halogens is 2. The van der Waals surface area contributed by atoms with Crippen molar-refractivity contribution in [2.45, 2.75) is 38.7 Å². The van der Waals surface area contributed by atoms with Gasteiger partial charge in [0, 0.05) is 5.02 Å². The van der Waals surface area contributed by atoms with Gasteiger partial charge in [-0.15, -0.1) is 0 Å². The minimum Gasteiger partial charge on any atom is -0.462 e. The third-order valence-corrected chi connectivity index (χ3v) is 6.20. The highest BCUT2D eigenvalue weighted by Gasteiger charge is 2.31. The van der Waals surface area contributed by atoms with Crippen LogP contribution < -0.4 is 4.31 Å². The molecule has 0 fully saturated rings. The van der Waals surface area contributed by atoms with Gasteiger partial charge in [-0.2, -0.15) is 0 Å². The van der Waals surface area contributed by atoms with Gasteiger partial charge in [0.05, 0.1) is 16.8 Å². The summed E-state index contributed by atoms with van der Waals surface area (Å²) >= 11 is 12.1. The summed E-state index contributed by atoms with van der Waals surface area (Å²) in [7, 11) is -4.16. The molecule has 0 aromatic heterocycles. The van der Waals surface area contributed by atoms with Crippen LogP contribution in [0.5, 0.6) is 0 Å². The summed E-state index contributed by atoms with van der Waals surface area (Å²) in [5, 5.41) is 0.245. The van der Waals surface area contributed by atoms with Gasteiger partial charge in [0.1, 0.15) is 11.4 Å². The molecule has 0 radical (unpaired) electrons. The van der Waals surface area contributed by atoms with Crippen LogP contribution in [0.3, 0.4) is 0 Å². The molecule has 0 aliphatic rings. The molecular weight excluding hydrogens is 409 g/mol.